The van der Waals surface area contributed by atoms with Crippen molar-refractivity contribution in [2.24, 2.45) is 11.8 Å². The molecule has 1 unspecified atom stereocenters. The Labute approximate surface area is 332 Å². The lowest BCUT2D eigenvalue weighted by Crippen LogP contribution is -2.29. The van der Waals surface area contributed by atoms with Crippen LogP contribution in [0.15, 0.2) is 125 Å². The summed E-state index contributed by atoms with van der Waals surface area (Å²) in [6.07, 6.45) is 0.490. The lowest BCUT2D eigenvalue weighted by Gasteiger charge is -2.36. The van der Waals surface area contributed by atoms with Crippen LogP contribution in [0.4, 0.5) is 22.7 Å². The molecule has 5 aromatic carbocycles. The van der Waals surface area contributed by atoms with E-state index in [0.29, 0.717) is 34.7 Å². The SMILES string of the molecule is CC(=O)c1ccc(NS(=O)(=O)c2ccc(NCC(=O)c3ccc(NS(=O)(=O)c4ccc5c(c4)[C@H]4OCC[C@H]4C(c4ccc(C(=O)C(C)C)cc4)N5)cc3)cc2)cc1. The number of fused-ring (bicyclic) bond motifs is 3. The summed E-state index contributed by atoms with van der Waals surface area (Å²) in [6.45, 7) is 5.64. The van der Waals surface area contributed by atoms with Crippen LogP contribution in [0.25, 0.3) is 0 Å². The average Bonchev–Trinajstić information content (AvgIpc) is 3.70. The van der Waals surface area contributed by atoms with Crippen LogP contribution in [-0.2, 0) is 24.8 Å². The standard InChI is InChI=1S/C43H42N4O8S2/c1-26(2)42(50)31-6-4-30(5-7-31)41-37-22-23-55-43(37)38-24-36(20-21-39(38)45-41)57(53,54)47-34-14-10-29(11-15-34)40(49)25-44-32-16-18-35(19-17-32)56(51,52)46-33-12-8-28(9-13-33)27(3)48/h4-21,24,26,37,41,43-47H,22-23,25H2,1-3H3/t37-,41?,43-/m0/s1. The van der Waals surface area contributed by atoms with Gasteiger partial charge < -0.3 is 15.4 Å². The maximum Gasteiger partial charge on any atom is 0.261 e. The number of sulfonamides is 2. The molecule has 294 valence electrons. The van der Waals surface area contributed by atoms with Gasteiger partial charge in [-0.05, 0) is 110 Å². The van der Waals surface area contributed by atoms with Crippen LogP contribution in [0.1, 0.15) is 81.5 Å². The van der Waals surface area contributed by atoms with Gasteiger partial charge in [0.25, 0.3) is 20.0 Å². The first-order chi connectivity index (χ1) is 27.2. The minimum absolute atomic E-state index is 0.0175. The van der Waals surface area contributed by atoms with Crippen molar-refractivity contribution < 1.29 is 36.0 Å². The van der Waals surface area contributed by atoms with Gasteiger partial charge in [0.05, 0.1) is 28.5 Å². The van der Waals surface area contributed by atoms with Crippen LogP contribution in [0.2, 0.25) is 0 Å². The molecule has 0 bridgehead atoms. The van der Waals surface area contributed by atoms with Crippen LogP contribution in [0.3, 0.4) is 0 Å². The lowest BCUT2D eigenvalue weighted by atomic mass is 9.81. The number of rotatable bonds is 14. The van der Waals surface area contributed by atoms with Crippen LogP contribution in [0.5, 0.6) is 0 Å². The summed E-state index contributed by atoms with van der Waals surface area (Å²) in [6, 6.07) is 30.7. The van der Waals surface area contributed by atoms with Gasteiger partial charge in [0.15, 0.2) is 17.3 Å². The molecule has 0 saturated carbocycles. The maximum absolute atomic E-state index is 13.6. The quantitative estimate of drug-likeness (QED) is 0.0808. The van der Waals surface area contributed by atoms with E-state index in [0.717, 1.165) is 23.2 Å². The van der Waals surface area contributed by atoms with Gasteiger partial charge in [-0.15, -0.1) is 0 Å². The van der Waals surface area contributed by atoms with E-state index in [1.807, 2.05) is 38.1 Å². The van der Waals surface area contributed by atoms with Crippen molar-refractivity contribution in [2.45, 2.75) is 49.1 Å². The summed E-state index contributed by atoms with van der Waals surface area (Å²) in [4.78, 5) is 37.0. The maximum atomic E-state index is 13.6. The van der Waals surface area contributed by atoms with Crippen molar-refractivity contribution in [3.8, 4) is 0 Å². The molecule has 0 aromatic heterocycles. The highest BCUT2D eigenvalue weighted by atomic mass is 32.2. The van der Waals surface area contributed by atoms with Gasteiger partial charge >= 0.3 is 0 Å². The number of ketones is 3. The molecule has 0 aliphatic carbocycles. The van der Waals surface area contributed by atoms with Crippen LogP contribution < -0.4 is 20.1 Å². The number of anilines is 4. The molecule has 0 amide bonds. The number of benzene rings is 5. The largest absolute Gasteiger partial charge is 0.378 e. The second-order valence-corrected chi connectivity index (χ2v) is 17.8. The van der Waals surface area contributed by atoms with E-state index < -0.39 is 20.0 Å². The molecule has 3 atom stereocenters. The molecular weight excluding hydrogens is 765 g/mol. The number of ether oxygens (including phenoxy) is 1. The molecule has 14 heteroatoms. The Balaban J connectivity index is 0.958. The summed E-state index contributed by atoms with van der Waals surface area (Å²) in [7, 11) is -7.89. The second kappa shape index (κ2) is 16.0. The number of carbonyl (C=O) groups is 3. The number of carbonyl (C=O) groups excluding carboxylic acids is 3. The fourth-order valence-electron chi connectivity index (χ4n) is 7.10. The van der Waals surface area contributed by atoms with Crippen molar-refractivity contribution in [3.05, 3.63) is 143 Å². The summed E-state index contributed by atoms with van der Waals surface area (Å²) in [5.41, 5.74) is 5.20. The monoisotopic (exact) mass is 806 g/mol. The van der Waals surface area contributed by atoms with E-state index in [9.17, 15) is 31.2 Å². The van der Waals surface area contributed by atoms with Crippen LogP contribution >= 0.6 is 0 Å². The smallest absolute Gasteiger partial charge is 0.261 e. The van der Waals surface area contributed by atoms with E-state index in [4.69, 9.17) is 4.74 Å². The Morgan fingerprint density at radius 1 is 0.702 bits per heavy atom. The molecule has 5 aromatic rings. The van der Waals surface area contributed by atoms with E-state index in [1.165, 1.54) is 55.5 Å². The Morgan fingerprint density at radius 2 is 1.25 bits per heavy atom. The van der Waals surface area contributed by atoms with E-state index in [1.54, 1.807) is 42.5 Å². The van der Waals surface area contributed by atoms with E-state index in [2.05, 4.69) is 20.1 Å². The zero-order chi connectivity index (χ0) is 40.5. The van der Waals surface area contributed by atoms with Gasteiger partial charge in [0, 0.05) is 63.4 Å². The fraction of sp³-hybridized carbons (Fsp3) is 0.233. The lowest BCUT2D eigenvalue weighted by molar-refractivity contribution is 0.0827. The Bertz CT molecular complexity index is 2540. The first-order valence-electron chi connectivity index (χ1n) is 18.5. The van der Waals surface area contributed by atoms with Gasteiger partial charge in [-0.3, -0.25) is 23.8 Å². The predicted molar refractivity (Wildman–Crippen MR) is 219 cm³/mol. The minimum atomic E-state index is -4.00. The summed E-state index contributed by atoms with van der Waals surface area (Å²) < 4.78 is 64.1. The molecule has 2 aliphatic rings. The zero-order valence-electron chi connectivity index (χ0n) is 31.5. The molecule has 2 aliphatic heterocycles. The molecule has 0 radical (unpaired) electrons. The highest BCUT2D eigenvalue weighted by Gasteiger charge is 2.42. The zero-order valence-corrected chi connectivity index (χ0v) is 33.1. The topological polar surface area (TPSA) is 177 Å². The molecule has 1 saturated heterocycles. The number of Topliss-reactive ketones (excluding diaryl/α,β-unsaturated/α-hetero) is 3. The van der Waals surface area contributed by atoms with E-state index >= 15 is 0 Å². The Kier molecular flexibility index (Phi) is 11.0. The van der Waals surface area contributed by atoms with Crippen molar-refractivity contribution in [1.29, 1.82) is 0 Å². The van der Waals surface area contributed by atoms with Crippen molar-refractivity contribution in [3.63, 3.8) is 0 Å². The van der Waals surface area contributed by atoms with Gasteiger partial charge in [-0.2, -0.15) is 0 Å². The number of hydrogen-bond donors (Lipinski definition) is 4. The van der Waals surface area contributed by atoms with Gasteiger partial charge in [-0.25, -0.2) is 16.8 Å². The number of hydrogen-bond acceptors (Lipinski definition) is 10. The van der Waals surface area contributed by atoms with Gasteiger partial charge in [0.1, 0.15) is 0 Å². The molecule has 1 fully saturated rings. The molecular formula is C43H42N4O8S2. The van der Waals surface area contributed by atoms with Crippen LogP contribution in [0, 0.1) is 11.8 Å². The third-order valence-electron chi connectivity index (χ3n) is 10.2. The third-order valence-corrected chi connectivity index (χ3v) is 13.0. The molecule has 4 N–H and O–H groups in total. The Hall–Kier alpha value is -5.83. The summed E-state index contributed by atoms with van der Waals surface area (Å²) in [5, 5.41) is 6.58. The summed E-state index contributed by atoms with van der Waals surface area (Å²) in [5.74, 6) is -0.318. The van der Waals surface area contributed by atoms with Gasteiger partial charge in [0.2, 0.25) is 0 Å². The molecule has 12 nitrogen and oxygen atoms in total. The van der Waals surface area contributed by atoms with Gasteiger partial charge in [-0.1, -0.05) is 38.1 Å². The average molecular weight is 807 g/mol. The van der Waals surface area contributed by atoms with Crippen molar-refractivity contribution in [1.82, 2.24) is 0 Å². The molecule has 57 heavy (non-hydrogen) atoms. The van der Waals surface area contributed by atoms with Crippen molar-refractivity contribution >= 4 is 60.1 Å². The molecule has 0 spiro atoms. The second-order valence-electron chi connectivity index (χ2n) is 14.5. The van der Waals surface area contributed by atoms with Crippen molar-refractivity contribution in [2.75, 3.05) is 33.2 Å². The highest BCUT2D eigenvalue weighted by Crippen LogP contribution is 2.50. The molecule has 7 rings (SSSR count). The first kappa shape index (κ1) is 39.4. The normalized spacial score (nSPS) is 17.5. The predicted octanol–water partition coefficient (Wildman–Crippen LogP) is 7.87. The molecule has 2 heterocycles. The first-order valence-corrected chi connectivity index (χ1v) is 21.5. The highest BCUT2D eigenvalue weighted by molar-refractivity contribution is 7.93. The van der Waals surface area contributed by atoms with Crippen LogP contribution in [-0.4, -0.2) is 47.3 Å². The fourth-order valence-corrected chi connectivity index (χ4v) is 9.25. The Morgan fingerprint density at radius 3 is 1.84 bits per heavy atom. The number of nitrogens with one attached hydrogen (secondary N) is 4. The van der Waals surface area contributed by atoms with E-state index in [-0.39, 0.29) is 63.4 Å². The minimum Gasteiger partial charge on any atom is -0.378 e. The third kappa shape index (κ3) is 8.63. The summed E-state index contributed by atoms with van der Waals surface area (Å²) >= 11 is 0.